The molecule has 18 heteroatoms. The molecular weight excluding hydrogens is 914 g/mol. The number of rotatable bonds is 9. The first kappa shape index (κ1) is 48.3. The van der Waals surface area contributed by atoms with Crippen molar-refractivity contribution in [1.29, 1.82) is 0 Å². The lowest BCUT2D eigenvalue weighted by atomic mass is 9.57. The summed E-state index contributed by atoms with van der Waals surface area (Å²) < 4.78 is 82.0. The Kier molecular flexibility index (Phi) is 11.9. The van der Waals surface area contributed by atoms with Crippen LogP contribution in [-0.4, -0.2) is 78.8 Å². The van der Waals surface area contributed by atoms with E-state index in [4.69, 9.17) is 33.6 Å². The second-order valence-corrected chi connectivity index (χ2v) is 26.2. The fourth-order valence-electron chi connectivity index (χ4n) is 10.7. The zero-order chi connectivity index (χ0) is 49.7. The highest BCUT2D eigenvalue weighted by Crippen LogP contribution is 2.63. The number of nitrogens with zero attached hydrogens (tertiary/aromatic N) is 3. The maximum atomic E-state index is 16.1. The van der Waals surface area contributed by atoms with Crippen molar-refractivity contribution in [3.8, 4) is 17.4 Å². The number of anilines is 1. The van der Waals surface area contributed by atoms with Crippen LogP contribution in [0.2, 0.25) is 18.1 Å². The molecule has 3 aliphatic carbocycles. The number of nitrogens with two attached hydrogens (primary N) is 1. The number of aliphatic hydroxyl groups excluding tert-OH is 1. The van der Waals surface area contributed by atoms with E-state index in [1.54, 1.807) is 52.1 Å². The average Bonchev–Trinajstić information content (AvgIpc) is 3.87. The van der Waals surface area contributed by atoms with Crippen LogP contribution in [0.25, 0.3) is 5.76 Å². The summed E-state index contributed by atoms with van der Waals surface area (Å²) in [6, 6.07) is 16.3. The number of fused-ring (bicyclic) bond motifs is 7. The van der Waals surface area contributed by atoms with E-state index >= 15 is 22.8 Å². The van der Waals surface area contributed by atoms with Crippen molar-refractivity contribution in [2.45, 2.75) is 122 Å². The zero-order valence-electron chi connectivity index (χ0n) is 40.3. The van der Waals surface area contributed by atoms with Crippen LogP contribution in [0.5, 0.6) is 17.4 Å². The van der Waals surface area contributed by atoms with Crippen molar-refractivity contribution in [3.05, 3.63) is 105 Å². The third kappa shape index (κ3) is 8.29. The van der Waals surface area contributed by atoms with Crippen LogP contribution < -0.4 is 24.8 Å². The number of aliphatic hydroxyl groups is 1. The second kappa shape index (κ2) is 17.0. The summed E-state index contributed by atoms with van der Waals surface area (Å²) in [5.41, 5.74) is 4.35. The van der Waals surface area contributed by atoms with E-state index in [2.05, 4.69) is 5.16 Å². The highest BCUT2D eigenvalue weighted by Gasteiger charge is 2.68. The van der Waals surface area contributed by atoms with Gasteiger partial charge in [-0.15, -0.1) is 13.2 Å². The zero-order valence-corrected chi connectivity index (χ0v) is 41.3. The smallest absolute Gasteiger partial charge is 0.507 e. The topological polar surface area (TPSA) is 176 Å². The van der Waals surface area contributed by atoms with Gasteiger partial charge in [0, 0.05) is 35.2 Å². The van der Waals surface area contributed by atoms with Crippen molar-refractivity contribution in [1.82, 2.24) is 10.1 Å². The number of ketones is 2. The molecule has 2 aliphatic heterocycles. The van der Waals surface area contributed by atoms with E-state index in [-0.39, 0.29) is 89.4 Å². The monoisotopic (exact) mass is 972 g/mol. The van der Waals surface area contributed by atoms with Crippen molar-refractivity contribution in [3.63, 3.8) is 0 Å². The number of aromatic nitrogens is 1. The molecule has 5 aliphatic rings. The minimum atomic E-state index is -5.25. The highest BCUT2D eigenvalue weighted by atomic mass is 28.4. The van der Waals surface area contributed by atoms with E-state index < -0.39 is 84.0 Å². The number of benzene rings is 3. The molecule has 1 saturated heterocycles. The molecule has 6 atom stereocenters. The van der Waals surface area contributed by atoms with Crippen LogP contribution in [0.15, 0.2) is 70.8 Å². The van der Waals surface area contributed by atoms with Crippen LogP contribution >= 0.6 is 0 Å². The Morgan fingerprint density at radius 1 is 0.928 bits per heavy atom. The molecule has 3 N–H and O–H groups in total. The summed E-state index contributed by atoms with van der Waals surface area (Å²) in [6.45, 7) is 15.0. The molecular formula is C51H59F3N4O10Si. The van der Waals surface area contributed by atoms with Gasteiger partial charge in [-0.05, 0) is 99.9 Å². The Balaban J connectivity index is 1.30. The Hall–Kier alpha value is -5.69. The lowest BCUT2D eigenvalue weighted by molar-refractivity contribution is -0.275. The lowest BCUT2D eigenvalue weighted by Gasteiger charge is -2.53. The van der Waals surface area contributed by atoms with E-state index in [0.29, 0.717) is 18.5 Å². The van der Waals surface area contributed by atoms with Gasteiger partial charge in [0.05, 0.1) is 17.3 Å². The number of ether oxygens (including phenoxy) is 4. The van der Waals surface area contributed by atoms with Crippen molar-refractivity contribution >= 4 is 37.4 Å². The summed E-state index contributed by atoms with van der Waals surface area (Å²) >= 11 is 0. The van der Waals surface area contributed by atoms with Crippen LogP contribution in [0, 0.1) is 17.8 Å². The van der Waals surface area contributed by atoms with Crippen molar-refractivity contribution in [2.75, 3.05) is 25.0 Å². The molecule has 0 radical (unpaired) electrons. The van der Waals surface area contributed by atoms with E-state index in [1.165, 1.54) is 4.90 Å². The minimum absolute atomic E-state index is 0.00326. The van der Waals surface area contributed by atoms with Gasteiger partial charge in [0.25, 0.3) is 5.88 Å². The van der Waals surface area contributed by atoms with Gasteiger partial charge in [0.2, 0.25) is 11.6 Å². The molecule has 1 amide bonds. The molecule has 2 fully saturated rings. The van der Waals surface area contributed by atoms with Crippen LogP contribution in [0.1, 0.15) is 110 Å². The Morgan fingerprint density at radius 3 is 2.14 bits per heavy atom. The summed E-state index contributed by atoms with van der Waals surface area (Å²) in [5, 5.41) is 16.6. The van der Waals surface area contributed by atoms with Crippen molar-refractivity contribution in [2.24, 2.45) is 23.5 Å². The number of carbonyl (C=O) groups excluding carboxylic acids is 3. The normalized spacial score (nSPS) is 24.7. The molecule has 1 saturated carbocycles. The highest BCUT2D eigenvalue weighted by molar-refractivity contribution is 6.74. The maximum Gasteiger partial charge on any atom is 0.573 e. The molecule has 1 aromatic heterocycles. The van der Waals surface area contributed by atoms with Gasteiger partial charge in [0.1, 0.15) is 35.9 Å². The lowest BCUT2D eigenvalue weighted by Crippen LogP contribution is -2.68. The summed E-state index contributed by atoms with van der Waals surface area (Å²) in [7, 11) is -1.37. The van der Waals surface area contributed by atoms with Gasteiger partial charge >= 0.3 is 12.5 Å². The second-order valence-electron chi connectivity index (χ2n) is 21.5. The molecule has 3 heterocycles. The maximum absolute atomic E-state index is 16.1. The first-order valence-corrected chi connectivity index (χ1v) is 26.2. The third-order valence-corrected chi connectivity index (χ3v) is 19.2. The molecule has 9 rings (SSSR count). The Bertz CT molecular complexity index is 2730. The molecule has 0 bridgehead atoms. The number of carbonyl (C=O) groups is 3. The molecule has 3 aromatic carbocycles. The standard InChI is InChI=1S/C51H59F3N4O10Si/c1-48(2,3)66-47(62)58-24-29-20-21-57(7)38(29)35-39(58)43(63-25-27-16-12-10-13-17-27)34-31(41(35)65-51(52,53)54)22-30-23-32-37(55)42-36(46(56-67-42)64-26-28-18-14-11-15-19-28)45(61)50(32,44(60)33(30)40(34)59)68-69(8,9)49(4,5)6/h10-19,29-30,32,37-38,59H,20-26,55H2,1-9H3/t29?,30-,32-,37-,38?,50-/m0/s1. The Morgan fingerprint density at radius 2 is 1.55 bits per heavy atom. The number of halogens is 3. The quantitative estimate of drug-likeness (QED) is 0.120. The fourth-order valence-corrected chi connectivity index (χ4v) is 12.1. The van der Waals surface area contributed by atoms with Gasteiger partial charge in [0.15, 0.2) is 25.4 Å². The minimum Gasteiger partial charge on any atom is -0.507 e. The number of alkyl halides is 3. The number of amides is 1. The largest absolute Gasteiger partial charge is 0.573 e. The van der Waals surface area contributed by atoms with Crippen LogP contribution in [0.3, 0.4) is 0 Å². The summed E-state index contributed by atoms with van der Waals surface area (Å²) in [6.07, 6.45) is -5.94. The number of hydrogen-bond acceptors (Lipinski definition) is 13. The average molecular weight is 973 g/mol. The predicted octanol–water partition coefficient (Wildman–Crippen LogP) is 10.2. The number of Topliss-reactive ketones (excluding diaryl/α,β-unsaturated/α-hetero) is 2. The fraction of sp³-hybridized carbons (Fsp3) is 0.490. The first-order chi connectivity index (χ1) is 32.3. The van der Waals surface area contributed by atoms with E-state index in [0.717, 1.165) is 5.56 Å². The first-order valence-electron chi connectivity index (χ1n) is 23.3. The molecule has 14 nitrogen and oxygen atoms in total. The molecule has 368 valence electrons. The number of hydrogen-bond donors (Lipinski definition) is 2. The molecule has 2 unspecified atom stereocenters. The summed E-state index contributed by atoms with van der Waals surface area (Å²) in [5.74, 6) is -5.91. The molecule has 69 heavy (non-hydrogen) atoms. The van der Waals surface area contributed by atoms with Gasteiger partial charge in [-0.2, -0.15) is 0 Å². The summed E-state index contributed by atoms with van der Waals surface area (Å²) in [4.78, 5) is 49.4. The molecule has 4 aromatic rings. The van der Waals surface area contributed by atoms with Crippen LogP contribution in [0.4, 0.5) is 23.7 Å². The Labute approximate surface area is 400 Å². The predicted molar refractivity (Wildman–Crippen MR) is 250 cm³/mol. The number of likely N-dealkylation sites (tertiary alicyclic amines) is 1. The van der Waals surface area contributed by atoms with Crippen LogP contribution in [-0.2, 0) is 33.6 Å². The van der Waals surface area contributed by atoms with Crippen molar-refractivity contribution < 1.29 is 60.6 Å². The SMILES string of the molecule is CN1CCC2CN(C(=O)OC(C)(C)C)c3c(OCc4ccccc4)c4c(c(OC(F)(F)F)c3C21)C[C@H]1C[C@H]2[C@H](N)c3onc(OCc5ccccc5)c3C(=O)[C@@]2(O[Si](C)(C)C(C)(C)C)C(=O)C1=C4O. The van der Waals surface area contributed by atoms with Gasteiger partial charge < -0.3 is 38.7 Å². The van der Waals surface area contributed by atoms with Gasteiger partial charge in [-0.1, -0.05) is 81.4 Å². The van der Waals surface area contributed by atoms with E-state index in [1.807, 2.05) is 75.2 Å². The van der Waals surface area contributed by atoms with Gasteiger partial charge in [-0.3, -0.25) is 19.4 Å². The third-order valence-electron chi connectivity index (χ3n) is 14.8. The molecule has 0 spiro atoms. The van der Waals surface area contributed by atoms with Gasteiger partial charge in [-0.25, -0.2) is 4.79 Å². The van der Waals surface area contributed by atoms with E-state index in [9.17, 15) is 9.90 Å².